The van der Waals surface area contributed by atoms with E-state index in [4.69, 9.17) is 4.99 Å². The Labute approximate surface area is 152 Å². The van der Waals surface area contributed by atoms with E-state index >= 15 is 0 Å². The summed E-state index contributed by atoms with van der Waals surface area (Å²) >= 11 is 0. The average Bonchev–Trinajstić information content (AvgIpc) is 2.66. The zero-order valence-corrected chi connectivity index (χ0v) is 15.9. The molecule has 0 saturated carbocycles. The molecule has 3 rings (SSSR count). The van der Waals surface area contributed by atoms with Crippen LogP contribution >= 0.6 is 0 Å². The highest BCUT2D eigenvalue weighted by molar-refractivity contribution is 5.80. The minimum Gasteiger partial charge on any atom is -0.357 e. The van der Waals surface area contributed by atoms with Crippen molar-refractivity contribution < 1.29 is 0 Å². The molecule has 0 amide bonds. The Hall–Kier alpha value is -1.78. The van der Waals surface area contributed by atoms with Crippen molar-refractivity contribution in [1.82, 2.24) is 15.2 Å². The lowest BCUT2D eigenvalue weighted by Crippen LogP contribution is -2.46. The van der Waals surface area contributed by atoms with Crippen LogP contribution < -0.4 is 10.2 Å². The molecule has 0 bridgehead atoms. The van der Waals surface area contributed by atoms with Crippen molar-refractivity contribution >= 4 is 11.8 Å². The van der Waals surface area contributed by atoms with E-state index in [1.54, 1.807) is 0 Å². The normalized spacial score (nSPS) is 22.2. The highest BCUT2D eigenvalue weighted by atomic mass is 15.3. The number of aromatic nitrogens is 1. The third-order valence-electron chi connectivity index (χ3n) is 5.19. The summed E-state index contributed by atoms with van der Waals surface area (Å²) in [6.07, 6.45) is 8.44. The van der Waals surface area contributed by atoms with E-state index in [1.807, 2.05) is 6.20 Å². The van der Waals surface area contributed by atoms with Crippen LogP contribution in [0.4, 0.5) is 5.82 Å². The van der Waals surface area contributed by atoms with Crippen molar-refractivity contribution in [3.63, 3.8) is 0 Å². The van der Waals surface area contributed by atoms with E-state index in [2.05, 4.69) is 46.1 Å². The number of pyridine rings is 1. The van der Waals surface area contributed by atoms with E-state index in [0.717, 1.165) is 57.0 Å². The third-order valence-corrected chi connectivity index (χ3v) is 5.19. The van der Waals surface area contributed by atoms with Crippen molar-refractivity contribution in [1.29, 1.82) is 0 Å². The zero-order valence-electron chi connectivity index (χ0n) is 15.9. The van der Waals surface area contributed by atoms with Gasteiger partial charge in [-0.3, -0.25) is 0 Å². The fraction of sp³-hybridized carbons (Fsp3) is 0.700. The van der Waals surface area contributed by atoms with Crippen LogP contribution in [0.5, 0.6) is 0 Å². The number of piperidine rings is 2. The second-order valence-electron chi connectivity index (χ2n) is 7.43. The van der Waals surface area contributed by atoms with Gasteiger partial charge in [-0.1, -0.05) is 6.92 Å². The van der Waals surface area contributed by atoms with Gasteiger partial charge in [0.1, 0.15) is 5.82 Å². The van der Waals surface area contributed by atoms with Crippen molar-refractivity contribution in [2.75, 3.05) is 37.6 Å². The maximum atomic E-state index is 4.91. The first kappa shape index (κ1) is 18.0. The van der Waals surface area contributed by atoms with E-state index < -0.39 is 0 Å². The molecule has 2 aliphatic rings. The Balaban J connectivity index is 1.67. The molecule has 5 heteroatoms. The van der Waals surface area contributed by atoms with Gasteiger partial charge in [0.25, 0.3) is 0 Å². The number of likely N-dealkylation sites (tertiary alicyclic amines) is 1. The SMILES string of the molecule is CCNC(=NCc1ccnc(N2CCCCC2)c1)N1CCCC(C)C1. The number of hydrogen-bond acceptors (Lipinski definition) is 3. The highest BCUT2D eigenvalue weighted by Gasteiger charge is 2.19. The Bertz CT molecular complexity index is 565. The molecule has 0 radical (unpaired) electrons. The minimum absolute atomic E-state index is 0.719. The minimum atomic E-state index is 0.719. The first-order chi connectivity index (χ1) is 12.3. The lowest BCUT2D eigenvalue weighted by Gasteiger charge is -2.33. The lowest BCUT2D eigenvalue weighted by molar-refractivity contribution is 0.266. The zero-order chi connectivity index (χ0) is 17.5. The average molecular weight is 344 g/mol. The van der Waals surface area contributed by atoms with Crippen LogP contribution in [0.2, 0.25) is 0 Å². The van der Waals surface area contributed by atoms with Crippen LogP contribution in [0.25, 0.3) is 0 Å². The Morgan fingerprint density at radius 2 is 2.08 bits per heavy atom. The van der Waals surface area contributed by atoms with Crippen molar-refractivity contribution in [2.45, 2.75) is 52.5 Å². The van der Waals surface area contributed by atoms with Crippen LogP contribution in [0.15, 0.2) is 23.3 Å². The summed E-state index contributed by atoms with van der Waals surface area (Å²) in [5, 5.41) is 3.47. The monoisotopic (exact) mass is 343 g/mol. The predicted octanol–water partition coefficient (Wildman–Crippen LogP) is 3.27. The van der Waals surface area contributed by atoms with Crippen LogP contribution in [-0.2, 0) is 6.54 Å². The summed E-state index contributed by atoms with van der Waals surface area (Å²) in [6, 6.07) is 4.32. The predicted molar refractivity (Wildman–Crippen MR) is 105 cm³/mol. The maximum absolute atomic E-state index is 4.91. The Kier molecular flexibility index (Phi) is 6.54. The smallest absolute Gasteiger partial charge is 0.194 e. The first-order valence-electron chi connectivity index (χ1n) is 9.99. The standard InChI is InChI=1S/C20H33N5/c1-3-21-20(25-13-7-8-17(2)16-25)23-15-18-9-10-22-19(14-18)24-11-5-4-6-12-24/h9-10,14,17H,3-8,11-13,15-16H2,1-2H3,(H,21,23). The molecule has 0 aliphatic carbocycles. The number of anilines is 1. The molecule has 0 spiro atoms. The molecule has 1 unspecified atom stereocenters. The summed E-state index contributed by atoms with van der Waals surface area (Å²) in [6.45, 7) is 10.6. The molecule has 2 saturated heterocycles. The summed E-state index contributed by atoms with van der Waals surface area (Å²) in [5.74, 6) is 2.93. The molecule has 3 heterocycles. The number of nitrogens with one attached hydrogen (secondary N) is 1. The molecular formula is C20H33N5. The number of nitrogens with zero attached hydrogens (tertiary/aromatic N) is 4. The molecule has 2 fully saturated rings. The molecule has 1 aromatic heterocycles. The molecular weight excluding hydrogens is 310 g/mol. The van der Waals surface area contributed by atoms with Gasteiger partial charge in [0.2, 0.25) is 0 Å². The summed E-state index contributed by atoms with van der Waals surface area (Å²) < 4.78 is 0. The van der Waals surface area contributed by atoms with Crippen molar-refractivity contribution in [3.8, 4) is 0 Å². The van der Waals surface area contributed by atoms with E-state index in [-0.39, 0.29) is 0 Å². The molecule has 138 valence electrons. The summed E-state index contributed by atoms with van der Waals surface area (Å²) in [4.78, 5) is 14.3. The largest absolute Gasteiger partial charge is 0.357 e. The van der Waals surface area contributed by atoms with Gasteiger partial charge < -0.3 is 15.1 Å². The third kappa shape index (κ3) is 5.10. The second-order valence-corrected chi connectivity index (χ2v) is 7.43. The van der Waals surface area contributed by atoms with Gasteiger partial charge in [-0.05, 0) is 62.6 Å². The van der Waals surface area contributed by atoms with Gasteiger partial charge in [-0.25, -0.2) is 9.98 Å². The highest BCUT2D eigenvalue weighted by Crippen LogP contribution is 2.19. The van der Waals surface area contributed by atoms with Gasteiger partial charge >= 0.3 is 0 Å². The van der Waals surface area contributed by atoms with Gasteiger partial charge in [0.05, 0.1) is 6.54 Å². The van der Waals surface area contributed by atoms with Crippen LogP contribution in [-0.4, -0.2) is 48.6 Å². The summed E-state index contributed by atoms with van der Waals surface area (Å²) in [5.41, 5.74) is 1.25. The Morgan fingerprint density at radius 1 is 1.24 bits per heavy atom. The second kappa shape index (κ2) is 9.07. The Morgan fingerprint density at radius 3 is 2.84 bits per heavy atom. The van der Waals surface area contributed by atoms with Crippen LogP contribution in [0.1, 0.15) is 51.5 Å². The fourth-order valence-corrected chi connectivity index (χ4v) is 3.83. The molecule has 2 aliphatic heterocycles. The first-order valence-corrected chi connectivity index (χ1v) is 9.99. The van der Waals surface area contributed by atoms with Gasteiger partial charge in [0, 0.05) is 38.9 Å². The topological polar surface area (TPSA) is 43.8 Å². The number of aliphatic imine (C=N–C) groups is 1. The maximum Gasteiger partial charge on any atom is 0.194 e. The quantitative estimate of drug-likeness (QED) is 0.673. The van der Waals surface area contributed by atoms with Crippen LogP contribution in [0.3, 0.4) is 0 Å². The van der Waals surface area contributed by atoms with E-state index in [0.29, 0.717) is 0 Å². The molecule has 1 N–H and O–H groups in total. The molecule has 1 atom stereocenters. The summed E-state index contributed by atoms with van der Waals surface area (Å²) in [7, 11) is 0. The lowest BCUT2D eigenvalue weighted by atomic mass is 10.0. The van der Waals surface area contributed by atoms with Gasteiger partial charge in [-0.2, -0.15) is 0 Å². The number of hydrogen-bond donors (Lipinski definition) is 1. The van der Waals surface area contributed by atoms with Gasteiger partial charge in [0.15, 0.2) is 5.96 Å². The van der Waals surface area contributed by atoms with E-state index in [9.17, 15) is 0 Å². The van der Waals surface area contributed by atoms with Crippen molar-refractivity contribution in [2.24, 2.45) is 10.9 Å². The fourth-order valence-electron chi connectivity index (χ4n) is 3.83. The number of guanidine groups is 1. The van der Waals surface area contributed by atoms with Gasteiger partial charge in [-0.15, -0.1) is 0 Å². The molecule has 25 heavy (non-hydrogen) atoms. The molecule has 1 aromatic rings. The number of rotatable bonds is 4. The van der Waals surface area contributed by atoms with Crippen LogP contribution in [0, 0.1) is 5.92 Å². The molecule has 5 nitrogen and oxygen atoms in total. The van der Waals surface area contributed by atoms with Crippen molar-refractivity contribution in [3.05, 3.63) is 23.9 Å². The molecule has 0 aromatic carbocycles. The van der Waals surface area contributed by atoms with E-state index in [1.165, 1.54) is 37.7 Å².